The van der Waals surface area contributed by atoms with E-state index in [-0.39, 0.29) is 5.54 Å². The second-order valence-corrected chi connectivity index (χ2v) is 4.93. The molecule has 18 heavy (non-hydrogen) atoms. The third-order valence-electron chi connectivity index (χ3n) is 3.19. The molecule has 0 bridgehead atoms. The molecule has 1 fully saturated rings. The van der Waals surface area contributed by atoms with Gasteiger partial charge in [0.1, 0.15) is 0 Å². The van der Waals surface area contributed by atoms with E-state index < -0.39 is 0 Å². The van der Waals surface area contributed by atoms with Crippen molar-refractivity contribution in [1.82, 2.24) is 0 Å². The van der Waals surface area contributed by atoms with E-state index in [1.165, 1.54) is 0 Å². The van der Waals surface area contributed by atoms with E-state index in [1.807, 2.05) is 18.4 Å². The van der Waals surface area contributed by atoms with E-state index >= 15 is 0 Å². The first kappa shape index (κ1) is 13.0. The Kier molecular flexibility index (Phi) is 3.64. The summed E-state index contributed by atoms with van der Waals surface area (Å²) < 4.78 is 10.7. The lowest BCUT2D eigenvalue weighted by atomic mass is 10.0. The molecule has 96 valence electrons. The first-order valence-corrected chi connectivity index (χ1v) is 6.83. The SMILES string of the molecule is COc1ccc(C2(N=C=O)CC2)c(SC)c1OC. The summed E-state index contributed by atoms with van der Waals surface area (Å²) in [4.78, 5) is 15.5. The van der Waals surface area contributed by atoms with E-state index in [4.69, 9.17) is 9.47 Å². The largest absolute Gasteiger partial charge is 0.493 e. The molecule has 0 amide bonds. The van der Waals surface area contributed by atoms with Crippen molar-refractivity contribution in [2.45, 2.75) is 23.3 Å². The van der Waals surface area contributed by atoms with Gasteiger partial charge in [0, 0.05) is 0 Å². The summed E-state index contributed by atoms with van der Waals surface area (Å²) in [7, 11) is 3.22. The number of methoxy groups -OCH3 is 2. The molecule has 0 spiro atoms. The van der Waals surface area contributed by atoms with Crippen molar-refractivity contribution in [2.75, 3.05) is 20.5 Å². The standard InChI is InChI=1S/C13H15NO3S/c1-16-10-5-4-9(12(18-3)11(10)17-2)13(6-7-13)14-8-15/h4-5H,6-7H2,1-3H3. The number of ether oxygens (including phenoxy) is 2. The van der Waals surface area contributed by atoms with Gasteiger partial charge in [0.25, 0.3) is 0 Å². The molecule has 0 atom stereocenters. The minimum atomic E-state index is -0.389. The highest BCUT2D eigenvalue weighted by Crippen LogP contribution is 2.54. The molecule has 0 radical (unpaired) electrons. The van der Waals surface area contributed by atoms with Crippen LogP contribution in [0.5, 0.6) is 11.5 Å². The summed E-state index contributed by atoms with van der Waals surface area (Å²) >= 11 is 1.57. The number of benzene rings is 1. The van der Waals surface area contributed by atoms with Crippen molar-refractivity contribution in [3.63, 3.8) is 0 Å². The van der Waals surface area contributed by atoms with Crippen LogP contribution in [-0.2, 0) is 10.3 Å². The van der Waals surface area contributed by atoms with E-state index in [1.54, 1.807) is 32.1 Å². The molecule has 0 aliphatic heterocycles. The van der Waals surface area contributed by atoms with Gasteiger partial charge < -0.3 is 9.47 Å². The number of rotatable bonds is 5. The van der Waals surface area contributed by atoms with Gasteiger partial charge >= 0.3 is 0 Å². The molecule has 0 unspecified atom stereocenters. The van der Waals surface area contributed by atoms with E-state index in [0.29, 0.717) is 11.5 Å². The van der Waals surface area contributed by atoms with Crippen LogP contribution in [0.3, 0.4) is 0 Å². The highest BCUT2D eigenvalue weighted by Gasteiger charge is 2.47. The molecule has 1 aliphatic carbocycles. The predicted octanol–water partition coefficient (Wildman–Crippen LogP) is 2.75. The summed E-state index contributed by atoms with van der Waals surface area (Å²) in [6.07, 6.45) is 5.41. The Balaban J connectivity index is 2.59. The van der Waals surface area contributed by atoms with Crippen LogP contribution in [0.4, 0.5) is 0 Å². The van der Waals surface area contributed by atoms with Gasteiger partial charge in [0.05, 0.1) is 24.7 Å². The normalized spacial score (nSPS) is 15.7. The Morgan fingerprint density at radius 1 is 1.33 bits per heavy atom. The van der Waals surface area contributed by atoms with Gasteiger partial charge in [-0.3, -0.25) is 0 Å². The molecular formula is C13H15NO3S. The van der Waals surface area contributed by atoms with E-state index in [9.17, 15) is 4.79 Å². The number of aliphatic imine (C=N–C) groups is 1. The number of nitrogens with zero attached hydrogens (tertiary/aromatic N) is 1. The quantitative estimate of drug-likeness (QED) is 0.466. The highest BCUT2D eigenvalue weighted by molar-refractivity contribution is 7.98. The molecule has 4 nitrogen and oxygen atoms in total. The van der Waals surface area contributed by atoms with Crippen molar-refractivity contribution < 1.29 is 14.3 Å². The minimum Gasteiger partial charge on any atom is -0.493 e. The number of hydrogen-bond acceptors (Lipinski definition) is 5. The maximum atomic E-state index is 10.6. The molecule has 0 saturated heterocycles. The predicted molar refractivity (Wildman–Crippen MR) is 70.4 cm³/mol. The van der Waals surface area contributed by atoms with Gasteiger partial charge in [-0.1, -0.05) is 6.07 Å². The summed E-state index contributed by atoms with van der Waals surface area (Å²) in [6, 6.07) is 3.81. The van der Waals surface area contributed by atoms with Crippen molar-refractivity contribution in [3.05, 3.63) is 17.7 Å². The number of hydrogen-bond donors (Lipinski definition) is 0. The van der Waals surface area contributed by atoms with Gasteiger partial charge in [0.15, 0.2) is 11.5 Å². The molecule has 2 rings (SSSR count). The Morgan fingerprint density at radius 2 is 2.06 bits per heavy atom. The highest BCUT2D eigenvalue weighted by atomic mass is 32.2. The lowest BCUT2D eigenvalue weighted by Crippen LogP contribution is -2.06. The van der Waals surface area contributed by atoms with E-state index in [2.05, 4.69) is 4.99 Å². The van der Waals surface area contributed by atoms with Crippen LogP contribution in [0.2, 0.25) is 0 Å². The minimum absolute atomic E-state index is 0.389. The molecule has 1 aromatic rings. The lowest BCUT2D eigenvalue weighted by Gasteiger charge is -2.18. The molecule has 0 heterocycles. The third kappa shape index (κ3) is 2.00. The summed E-state index contributed by atoms with van der Waals surface area (Å²) in [6.45, 7) is 0. The van der Waals surface area contributed by atoms with Gasteiger partial charge in [0.2, 0.25) is 6.08 Å². The first-order chi connectivity index (χ1) is 8.72. The second kappa shape index (κ2) is 5.04. The van der Waals surface area contributed by atoms with Crippen LogP contribution in [0.1, 0.15) is 18.4 Å². The summed E-state index contributed by atoms with van der Waals surface area (Å²) in [5.41, 5.74) is 0.635. The van der Waals surface area contributed by atoms with Gasteiger partial charge in [-0.25, -0.2) is 4.79 Å². The fourth-order valence-corrected chi connectivity index (χ4v) is 2.96. The summed E-state index contributed by atoms with van der Waals surface area (Å²) in [5, 5.41) is 0. The average molecular weight is 265 g/mol. The zero-order chi connectivity index (χ0) is 13.2. The molecule has 1 aromatic carbocycles. The molecule has 0 aromatic heterocycles. The Hall–Kier alpha value is -1.45. The monoisotopic (exact) mass is 265 g/mol. The third-order valence-corrected chi connectivity index (χ3v) is 4.00. The zero-order valence-corrected chi connectivity index (χ0v) is 11.5. The van der Waals surface area contributed by atoms with E-state index in [0.717, 1.165) is 23.3 Å². The fourth-order valence-electron chi connectivity index (χ4n) is 2.11. The Morgan fingerprint density at radius 3 is 2.50 bits per heavy atom. The molecule has 0 N–H and O–H groups in total. The molecule has 5 heteroatoms. The van der Waals surface area contributed by atoms with Crippen LogP contribution < -0.4 is 9.47 Å². The second-order valence-electron chi connectivity index (χ2n) is 4.12. The van der Waals surface area contributed by atoms with Gasteiger partial charge in [-0.05, 0) is 30.7 Å². The number of isocyanates is 1. The van der Waals surface area contributed by atoms with Crippen LogP contribution in [0, 0.1) is 0 Å². The smallest absolute Gasteiger partial charge is 0.235 e. The average Bonchev–Trinajstić information content (AvgIpc) is 3.17. The van der Waals surface area contributed by atoms with Crippen molar-refractivity contribution in [1.29, 1.82) is 0 Å². The van der Waals surface area contributed by atoms with Crippen molar-refractivity contribution in [3.8, 4) is 11.5 Å². The molecule has 1 aliphatic rings. The van der Waals surface area contributed by atoms with Crippen molar-refractivity contribution in [2.24, 2.45) is 4.99 Å². The van der Waals surface area contributed by atoms with Gasteiger partial charge in [-0.2, -0.15) is 4.99 Å². The fraction of sp³-hybridized carbons (Fsp3) is 0.462. The summed E-state index contributed by atoms with van der Waals surface area (Å²) in [5.74, 6) is 1.39. The maximum absolute atomic E-state index is 10.6. The zero-order valence-electron chi connectivity index (χ0n) is 10.6. The maximum Gasteiger partial charge on any atom is 0.235 e. The van der Waals surface area contributed by atoms with Crippen LogP contribution >= 0.6 is 11.8 Å². The Bertz CT molecular complexity index is 505. The van der Waals surface area contributed by atoms with Crippen LogP contribution in [-0.4, -0.2) is 26.6 Å². The molecular weight excluding hydrogens is 250 g/mol. The van der Waals surface area contributed by atoms with Crippen LogP contribution in [0.15, 0.2) is 22.0 Å². The Labute approximate surface area is 110 Å². The van der Waals surface area contributed by atoms with Crippen molar-refractivity contribution >= 4 is 17.8 Å². The topological polar surface area (TPSA) is 47.9 Å². The number of thioether (sulfide) groups is 1. The van der Waals surface area contributed by atoms with Gasteiger partial charge in [-0.15, -0.1) is 11.8 Å². The molecule has 1 saturated carbocycles. The first-order valence-electron chi connectivity index (χ1n) is 5.61. The lowest BCUT2D eigenvalue weighted by molar-refractivity contribution is 0.346. The van der Waals surface area contributed by atoms with Crippen LogP contribution in [0.25, 0.3) is 0 Å². The number of carbonyl (C=O) groups excluding carboxylic acids is 1.